The first-order valence-electron chi connectivity index (χ1n) is 11.9. The van der Waals surface area contributed by atoms with Crippen LogP contribution in [-0.4, -0.2) is 57.1 Å². The van der Waals surface area contributed by atoms with Gasteiger partial charge in [-0.25, -0.2) is 0 Å². The summed E-state index contributed by atoms with van der Waals surface area (Å²) in [6, 6.07) is 10.6. The second kappa shape index (κ2) is 9.57. The van der Waals surface area contributed by atoms with Crippen molar-refractivity contribution in [3.8, 4) is 0 Å². The molecule has 3 saturated heterocycles. The summed E-state index contributed by atoms with van der Waals surface area (Å²) in [5, 5.41) is 10.0. The average Bonchev–Trinajstić information content (AvgIpc) is 3.34. The number of carbonyl (C=O) groups is 1. The zero-order valence-electron chi connectivity index (χ0n) is 19.1. The highest BCUT2D eigenvalue weighted by molar-refractivity contribution is 5.82. The number of fused-ring (bicyclic) bond motifs is 4. The molecule has 2 aromatic heterocycles. The number of ether oxygens (including phenoxy) is 1. The van der Waals surface area contributed by atoms with Gasteiger partial charge in [-0.3, -0.25) is 19.4 Å². The number of esters is 1. The summed E-state index contributed by atoms with van der Waals surface area (Å²) in [6.45, 7) is 2.84. The van der Waals surface area contributed by atoms with Crippen molar-refractivity contribution < 1.29 is 9.53 Å². The first kappa shape index (κ1) is 22.0. The molecule has 0 aliphatic carbocycles. The summed E-state index contributed by atoms with van der Waals surface area (Å²) in [7, 11) is 1.43. The predicted molar refractivity (Wildman–Crippen MR) is 125 cm³/mol. The minimum Gasteiger partial charge on any atom is -0.469 e. The van der Waals surface area contributed by atoms with Gasteiger partial charge < -0.3 is 10.5 Å². The van der Waals surface area contributed by atoms with Crippen LogP contribution < -0.4 is 5.73 Å². The van der Waals surface area contributed by atoms with E-state index in [4.69, 9.17) is 10.5 Å². The number of nitrogens with two attached hydrogens (primary N) is 1. The van der Waals surface area contributed by atoms with E-state index >= 15 is 0 Å². The van der Waals surface area contributed by atoms with Crippen molar-refractivity contribution in [2.75, 3.05) is 20.2 Å². The largest absolute Gasteiger partial charge is 0.469 e. The number of carbonyl (C=O) groups excluding carboxylic acids is 1. The van der Waals surface area contributed by atoms with Crippen molar-refractivity contribution in [3.63, 3.8) is 0 Å². The van der Waals surface area contributed by atoms with Gasteiger partial charge in [0.05, 0.1) is 18.3 Å². The van der Waals surface area contributed by atoms with Gasteiger partial charge >= 0.3 is 5.97 Å². The zero-order valence-corrected chi connectivity index (χ0v) is 19.1. The molecule has 1 unspecified atom stereocenters. The highest BCUT2D eigenvalue weighted by atomic mass is 16.5. The number of piperidine rings is 3. The summed E-state index contributed by atoms with van der Waals surface area (Å²) < 4.78 is 6.61. The Labute approximate surface area is 194 Å². The van der Waals surface area contributed by atoms with Crippen LogP contribution in [0.3, 0.4) is 0 Å². The number of para-hydroxylation sites is 1. The lowest BCUT2D eigenvalue weighted by atomic mass is 9.72. The minimum atomic E-state index is -0.158. The minimum absolute atomic E-state index is 0.0351. The summed E-state index contributed by atoms with van der Waals surface area (Å²) in [4.78, 5) is 18.3. The fourth-order valence-corrected chi connectivity index (χ4v) is 5.63. The molecule has 3 aromatic rings. The van der Waals surface area contributed by atoms with E-state index in [0.717, 1.165) is 55.5 Å². The smallest absolute Gasteiger partial charge is 0.305 e. The number of nitrogens with zero attached hydrogens (tertiary/aromatic N) is 5. The number of hydrogen-bond donors (Lipinski definition) is 1. The molecule has 5 heterocycles. The topological polar surface area (TPSA) is 99.2 Å². The van der Waals surface area contributed by atoms with E-state index in [1.165, 1.54) is 19.1 Å². The van der Waals surface area contributed by atoms with E-state index in [-0.39, 0.29) is 12.0 Å². The Hall–Kier alpha value is -2.84. The molecule has 33 heavy (non-hydrogen) atoms. The van der Waals surface area contributed by atoms with Crippen molar-refractivity contribution in [2.24, 2.45) is 11.7 Å². The van der Waals surface area contributed by atoms with Gasteiger partial charge in [0.25, 0.3) is 0 Å². The number of aryl methyl sites for hydroxylation is 1. The molecule has 1 aromatic carbocycles. The second-order valence-electron chi connectivity index (χ2n) is 9.34. The molecule has 5 atom stereocenters. The molecule has 3 fully saturated rings. The fraction of sp³-hybridized carbons (Fsp3) is 0.520. The molecular formula is C25H32N6O2. The van der Waals surface area contributed by atoms with Crippen LogP contribution in [0.4, 0.5) is 0 Å². The van der Waals surface area contributed by atoms with E-state index in [2.05, 4.69) is 44.6 Å². The van der Waals surface area contributed by atoms with Crippen molar-refractivity contribution in [1.82, 2.24) is 24.9 Å². The number of hydrogen-bond acceptors (Lipinski definition) is 7. The normalized spacial score (nSPS) is 25.3. The molecule has 2 N–H and O–H groups in total. The van der Waals surface area contributed by atoms with E-state index in [1.54, 1.807) is 0 Å². The highest BCUT2D eigenvalue weighted by Crippen LogP contribution is 2.44. The van der Waals surface area contributed by atoms with Crippen LogP contribution in [0.1, 0.15) is 55.3 Å². The molecule has 8 nitrogen and oxygen atoms in total. The Morgan fingerprint density at radius 2 is 2.15 bits per heavy atom. The zero-order chi connectivity index (χ0) is 22.8. The molecule has 0 radical (unpaired) electrons. The van der Waals surface area contributed by atoms with Gasteiger partial charge in [-0.2, -0.15) is 0 Å². The number of rotatable bonds is 8. The number of aromatic nitrogens is 4. The summed E-state index contributed by atoms with van der Waals surface area (Å²) in [6.07, 6.45) is 8.35. The van der Waals surface area contributed by atoms with Crippen LogP contribution >= 0.6 is 0 Å². The van der Waals surface area contributed by atoms with Crippen LogP contribution in [-0.2, 0) is 16.1 Å². The van der Waals surface area contributed by atoms with Gasteiger partial charge in [0.2, 0.25) is 0 Å². The third kappa shape index (κ3) is 4.50. The molecule has 174 valence electrons. The Bertz CT molecular complexity index is 1110. The fourth-order valence-electron chi connectivity index (χ4n) is 5.63. The third-order valence-corrected chi connectivity index (χ3v) is 7.44. The van der Waals surface area contributed by atoms with Crippen molar-refractivity contribution >= 4 is 16.9 Å². The van der Waals surface area contributed by atoms with Crippen LogP contribution in [0.5, 0.6) is 0 Å². The van der Waals surface area contributed by atoms with Crippen molar-refractivity contribution in [3.05, 3.63) is 54.0 Å². The first-order chi connectivity index (χ1) is 16.1. The van der Waals surface area contributed by atoms with Crippen LogP contribution in [0.2, 0.25) is 0 Å². The number of pyridine rings is 1. The predicted octanol–water partition coefficient (Wildman–Crippen LogP) is 3.05. The highest BCUT2D eigenvalue weighted by Gasteiger charge is 2.44. The second-order valence-corrected chi connectivity index (χ2v) is 9.34. The van der Waals surface area contributed by atoms with Crippen molar-refractivity contribution in [1.29, 1.82) is 0 Å². The molecular weight excluding hydrogens is 416 g/mol. The standard InChI is InChI=1S/C25H32N6O2/c1-33-24(32)8-4-5-12-31-16-22(28-29-31)20-15-30-13-10-17(20)14-23(30)25(26)19-9-11-27-21-7-3-2-6-18(19)21/h2-3,6-7,9,11,16-17,20,23,25H,4-5,8,10,12-15,26H2,1H3/t17-,20-,23-,25+/m0/s1. The summed E-state index contributed by atoms with van der Waals surface area (Å²) >= 11 is 0. The van der Waals surface area contributed by atoms with E-state index < -0.39 is 0 Å². The molecule has 8 heteroatoms. The maximum Gasteiger partial charge on any atom is 0.305 e. The molecule has 6 rings (SSSR count). The lowest BCUT2D eigenvalue weighted by molar-refractivity contribution is -0.140. The van der Waals surface area contributed by atoms with E-state index in [9.17, 15) is 4.79 Å². The first-order valence-corrected chi connectivity index (χ1v) is 11.9. The molecule has 0 saturated carbocycles. The maximum absolute atomic E-state index is 11.3. The van der Waals surface area contributed by atoms with Gasteiger partial charge in [0.1, 0.15) is 0 Å². The third-order valence-electron chi connectivity index (χ3n) is 7.44. The molecule has 3 aliphatic rings. The molecule has 3 aliphatic heterocycles. The lowest BCUT2D eigenvalue weighted by Crippen LogP contribution is -2.55. The molecule has 0 spiro atoms. The Balaban J connectivity index is 1.24. The van der Waals surface area contributed by atoms with Gasteiger partial charge in [0.15, 0.2) is 0 Å². The quantitative estimate of drug-likeness (QED) is 0.418. The van der Waals surface area contributed by atoms with Crippen LogP contribution in [0, 0.1) is 5.92 Å². The number of benzene rings is 1. The average molecular weight is 449 g/mol. The van der Waals surface area contributed by atoms with E-state index in [0.29, 0.717) is 24.3 Å². The van der Waals surface area contributed by atoms with Gasteiger partial charge in [0, 0.05) is 55.3 Å². The van der Waals surface area contributed by atoms with Gasteiger partial charge in [-0.15, -0.1) is 5.10 Å². The molecule has 0 amide bonds. The van der Waals surface area contributed by atoms with Gasteiger partial charge in [-0.1, -0.05) is 23.4 Å². The SMILES string of the molecule is COC(=O)CCCCn1cc([C@H]2CN3CC[C@H]2C[C@H]3[C@H](N)c2ccnc3ccccc23)nn1. The number of methoxy groups -OCH3 is 1. The van der Waals surface area contributed by atoms with E-state index in [1.807, 2.05) is 23.0 Å². The Morgan fingerprint density at radius 1 is 1.27 bits per heavy atom. The number of unbranched alkanes of at least 4 members (excludes halogenated alkanes) is 1. The lowest BCUT2D eigenvalue weighted by Gasteiger charge is -2.51. The van der Waals surface area contributed by atoms with Gasteiger partial charge in [-0.05, 0) is 55.8 Å². The maximum atomic E-state index is 11.3. The van der Waals surface area contributed by atoms with Crippen molar-refractivity contribution in [2.45, 2.75) is 56.7 Å². The van der Waals surface area contributed by atoms with Crippen LogP contribution in [0.25, 0.3) is 10.9 Å². The monoisotopic (exact) mass is 448 g/mol. The Kier molecular flexibility index (Phi) is 6.37. The Morgan fingerprint density at radius 3 is 2.97 bits per heavy atom. The van der Waals surface area contributed by atoms with Crippen LogP contribution in [0.15, 0.2) is 42.7 Å². The summed E-state index contributed by atoms with van der Waals surface area (Å²) in [5.41, 5.74) is 10.1. The summed E-state index contributed by atoms with van der Waals surface area (Å²) in [5.74, 6) is 0.818. The molecule has 2 bridgehead atoms.